The summed E-state index contributed by atoms with van der Waals surface area (Å²) in [6.45, 7) is 7.41. The number of hydrogen-bond donors (Lipinski definition) is 2. The van der Waals surface area contributed by atoms with Gasteiger partial charge in [-0.1, -0.05) is 13.8 Å². The van der Waals surface area contributed by atoms with E-state index in [1.165, 1.54) is 12.8 Å². The Bertz CT molecular complexity index is 191. The van der Waals surface area contributed by atoms with Crippen LogP contribution < -0.4 is 10.6 Å². The molecule has 0 radical (unpaired) electrons. The molecule has 0 atom stereocenters. The van der Waals surface area contributed by atoms with Crippen LogP contribution in [0.5, 0.6) is 0 Å². The highest BCUT2D eigenvalue weighted by Gasteiger charge is 2.25. The molecular formula is C10H21N3S. The number of nitrogens with one attached hydrogen (secondary N) is 2. The first kappa shape index (κ1) is 11.7. The van der Waals surface area contributed by atoms with E-state index >= 15 is 0 Å². The van der Waals surface area contributed by atoms with Crippen molar-refractivity contribution in [3.8, 4) is 0 Å². The van der Waals surface area contributed by atoms with Crippen LogP contribution in [0, 0.1) is 0 Å². The van der Waals surface area contributed by atoms with E-state index in [1.807, 2.05) is 11.8 Å². The number of guanidine groups is 1. The van der Waals surface area contributed by atoms with Gasteiger partial charge < -0.3 is 10.6 Å². The molecule has 0 bridgehead atoms. The maximum Gasteiger partial charge on any atom is 0.191 e. The normalized spacial score (nSPS) is 16.4. The summed E-state index contributed by atoms with van der Waals surface area (Å²) >= 11 is 1.96. The summed E-state index contributed by atoms with van der Waals surface area (Å²) in [6, 6.07) is 0. The van der Waals surface area contributed by atoms with Crippen LogP contribution in [0.4, 0.5) is 0 Å². The van der Waals surface area contributed by atoms with Crippen molar-refractivity contribution in [1.29, 1.82) is 0 Å². The molecule has 1 aliphatic heterocycles. The van der Waals surface area contributed by atoms with Gasteiger partial charge in [0, 0.05) is 17.8 Å². The molecule has 3 nitrogen and oxygen atoms in total. The van der Waals surface area contributed by atoms with E-state index in [1.54, 1.807) is 0 Å². The van der Waals surface area contributed by atoms with Gasteiger partial charge in [-0.3, -0.25) is 4.99 Å². The molecule has 0 unspecified atom stereocenters. The van der Waals surface area contributed by atoms with Gasteiger partial charge in [0.2, 0.25) is 0 Å². The molecule has 0 amide bonds. The molecule has 0 aromatic heterocycles. The van der Waals surface area contributed by atoms with Gasteiger partial charge in [-0.25, -0.2) is 0 Å². The summed E-state index contributed by atoms with van der Waals surface area (Å²) in [5, 5.41) is 6.62. The Kier molecular flexibility index (Phi) is 4.58. The van der Waals surface area contributed by atoms with E-state index in [-0.39, 0.29) is 0 Å². The maximum absolute atomic E-state index is 4.33. The van der Waals surface area contributed by atoms with Crippen molar-refractivity contribution < 1.29 is 0 Å². The average Bonchev–Trinajstić information content (AvgIpc) is 2.74. The molecule has 0 aromatic rings. The highest BCUT2D eigenvalue weighted by molar-refractivity contribution is 8.00. The minimum Gasteiger partial charge on any atom is -0.355 e. The van der Waals surface area contributed by atoms with Crippen LogP contribution in [0.3, 0.4) is 0 Å². The lowest BCUT2D eigenvalue weighted by Crippen LogP contribution is -2.43. The molecule has 14 heavy (non-hydrogen) atoms. The Morgan fingerprint density at radius 3 is 2.64 bits per heavy atom. The molecular weight excluding hydrogens is 194 g/mol. The highest BCUT2D eigenvalue weighted by Crippen LogP contribution is 2.29. The number of aliphatic imine (C=N–C) groups is 1. The SMILES string of the molecule is CCC(CC)(CNC1=NCCN1)SC. The van der Waals surface area contributed by atoms with Crippen molar-refractivity contribution in [1.82, 2.24) is 10.6 Å². The predicted molar refractivity (Wildman–Crippen MR) is 65.1 cm³/mol. The third-order valence-electron chi connectivity index (χ3n) is 2.97. The minimum atomic E-state index is 0.368. The Morgan fingerprint density at radius 1 is 1.50 bits per heavy atom. The van der Waals surface area contributed by atoms with Gasteiger partial charge in [0.25, 0.3) is 0 Å². The fourth-order valence-electron chi connectivity index (χ4n) is 1.62. The summed E-state index contributed by atoms with van der Waals surface area (Å²) in [5.74, 6) is 0.977. The molecule has 1 rings (SSSR count). The summed E-state index contributed by atoms with van der Waals surface area (Å²) in [7, 11) is 0. The average molecular weight is 215 g/mol. The van der Waals surface area contributed by atoms with Crippen LogP contribution in [-0.2, 0) is 0 Å². The van der Waals surface area contributed by atoms with Gasteiger partial charge in [-0.2, -0.15) is 11.8 Å². The van der Waals surface area contributed by atoms with Crippen LogP contribution >= 0.6 is 11.8 Å². The first-order chi connectivity index (χ1) is 6.76. The second-order valence-corrected chi connectivity index (χ2v) is 4.88. The Balaban J connectivity index is 2.39. The molecule has 1 aliphatic rings. The number of nitrogens with zero attached hydrogens (tertiary/aromatic N) is 1. The molecule has 0 saturated carbocycles. The summed E-state index contributed by atoms with van der Waals surface area (Å²) in [5.41, 5.74) is 0. The quantitative estimate of drug-likeness (QED) is 0.729. The monoisotopic (exact) mass is 215 g/mol. The van der Waals surface area contributed by atoms with E-state index < -0.39 is 0 Å². The first-order valence-electron chi connectivity index (χ1n) is 5.33. The lowest BCUT2D eigenvalue weighted by Gasteiger charge is -2.30. The fraction of sp³-hybridized carbons (Fsp3) is 0.900. The maximum atomic E-state index is 4.33. The Labute approximate surface area is 91.1 Å². The van der Waals surface area contributed by atoms with Gasteiger partial charge >= 0.3 is 0 Å². The summed E-state index contributed by atoms with van der Waals surface area (Å²) in [4.78, 5) is 4.33. The van der Waals surface area contributed by atoms with Crippen molar-refractivity contribution in [2.45, 2.75) is 31.4 Å². The predicted octanol–water partition coefficient (Wildman–Crippen LogP) is 1.46. The molecule has 0 saturated heterocycles. The van der Waals surface area contributed by atoms with Crippen LogP contribution in [0.15, 0.2) is 4.99 Å². The van der Waals surface area contributed by atoms with Crippen molar-refractivity contribution in [3.63, 3.8) is 0 Å². The molecule has 0 aliphatic carbocycles. The van der Waals surface area contributed by atoms with Gasteiger partial charge in [0.15, 0.2) is 5.96 Å². The van der Waals surface area contributed by atoms with E-state index in [2.05, 4.69) is 35.7 Å². The van der Waals surface area contributed by atoms with E-state index in [0.717, 1.165) is 25.6 Å². The highest BCUT2D eigenvalue weighted by atomic mass is 32.2. The minimum absolute atomic E-state index is 0.368. The van der Waals surface area contributed by atoms with Gasteiger partial charge in [0.1, 0.15) is 0 Å². The van der Waals surface area contributed by atoms with Crippen LogP contribution in [0.25, 0.3) is 0 Å². The van der Waals surface area contributed by atoms with Gasteiger partial charge in [-0.05, 0) is 19.1 Å². The van der Waals surface area contributed by atoms with E-state index in [4.69, 9.17) is 0 Å². The molecule has 0 spiro atoms. The Morgan fingerprint density at radius 2 is 2.21 bits per heavy atom. The van der Waals surface area contributed by atoms with Crippen molar-refractivity contribution >= 4 is 17.7 Å². The molecule has 1 heterocycles. The smallest absolute Gasteiger partial charge is 0.191 e. The van der Waals surface area contributed by atoms with E-state index in [9.17, 15) is 0 Å². The Hall–Kier alpha value is -0.380. The van der Waals surface area contributed by atoms with Gasteiger partial charge in [-0.15, -0.1) is 0 Å². The van der Waals surface area contributed by atoms with Crippen LogP contribution in [0.2, 0.25) is 0 Å². The third kappa shape index (κ3) is 2.80. The van der Waals surface area contributed by atoms with Crippen LogP contribution in [0.1, 0.15) is 26.7 Å². The zero-order chi connectivity index (χ0) is 10.4. The first-order valence-corrected chi connectivity index (χ1v) is 6.56. The van der Waals surface area contributed by atoms with Crippen molar-refractivity contribution in [3.05, 3.63) is 0 Å². The number of rotatable bonds is 5. The summed E-state index contributed by atoms with van der Waals surface area (Å²) < 4.78 is 0.368. The zero-order valence-electron chi connectivity index (χ0n) is 9.39. The number of thioether (sulfide) groups is 1. The molecule has 0 fully saturated rings. The second-order valence-electron chi connectivity index (χ2n) is 3.60. The van der Waals surface area contributed by atoms with Gasteiger partial charge in [0.05, 0.1) is 6.54 Å². The molecule has 82 valence electrons. The second kappa shape index (κ2) is 5.49. The zero-order valence-corrected chi connectivity index (χ0v) is 10.2. The largest absolute Gasteiger partial charge is 0.355 e. The van der Waals surface area contributed by atoms with E-state index in [0.29, 0.717) is 4.75 Å². The lowest BCUT2D eigenvalue weighted by atomic mass is 10.0. The van der Waals surface area contributed by atoms with Crippen molar-refractivity contribution in [2.24, 2.45) is 4.99 Å². The fourth-order valence-corrected chi connectivity index (χ4v) is 2.42. The third-order valence-corrected chi connectivity index (χ3v) is 4.56. The lowest BCUT2D eigenvalue weighted by molar-refractivity contribution is 0.535. The summed E-state index contributed by atoms with van der Waals surface area (Å²) in [6.07, 6.45) is 4.59. The van der Waals surface area contributed by atoms with Crippen LogP contribution in [-0.4, -0.2) is 36.6 Å². The molecule has 2 N–H and O–H groups in total. The number of hydrogen-bond acceptors (Lipinski definition) is 4. The standard InChI is InChI=1S/C10H21N3S/c1-4-10(5-2,14-3)8-13-9-11-6-7-12-9/h4-8H2,1-3H3,(H2,11,12,13). The molecule has 4 heteroatoms. The van der Waals surface area contributed by atoms with Crippen molar-refractivity contribution in [2.75, 3.05) is 25.9 Å². The topological polar surface area (TPSA) is 36.4 Å². The molecule has 0 aromatic carbocycles.